The van der Waals surface area contributed by atoms with Crippen LogP contribution in [0, 0.1) is 0 Å². The van der Waals surface area contributed by atoms with Crippen molar-refractivity contribution in [3.8, 4) is 11.5 Å². The molecule has 1 aromatic carbocycles. The first-order valence-corrected chi connectivity index (χ1v) is 8.08. The van der Waals surface area contributed by atoms with E-state index in [2.05, 4.69) is 20.7 Å². The van der Waals surface area contributed by atoms with Crippen molar-refractivity contribution in [2.24, 2.45) is 5.73 Å². The van der Waals surface area contributed by atoms with Crippen LogP contribution in [0.2, 0.25) is 0 Å². The number of benzene rings is 1. The minimum atomic E-state index is -3.69. The Labute approximate surface area is 140 Å². The molecular weight excluding hydrogens is 384 g/mol. The molecule has 0 unspecified atom stereocenters. The third-order valence-electron chi connectivity index (χ3n) is 2.45. The molecule has 1 rings (SSSR count). The van der Waals surface area contributed by atoms with E-state index in [1.807, 2.05) is 0 Å². The molecule has 9 heteroatoms. The molecule has 0 saturated carbocycles. The van der Waals surface area contributed by atoms with E-state index in [-0.39, 0.29) is 23.8 Å². The summed E-state index contributed by atoms with van der Waals surface area (Å²) in [4.78, 5) is 0.0689. The van der Waals surface area contributed by atoms with Crippen molar-refractivity contribution in [1.29, 1.82) is 0 Å². The summed E-state index contributed by atoms with van der Waals surface area (Å²) >= 11 is 3.22. The lowest BCUT2D eigenvalue weighted by atomic mass is 10.1. The van der Waals surface area contributed by atoms with Crippen LogP contribution in [-0.2, 0) is 10.0 Å². The van der Waals surface area contributed by atoms with E-state index in [0.717, 1.165) is 0 Å². The highest BCUT2D eigenvalue weighted by atomic mass is 79.9. The molecule has 0 aliphatic rings. The van der Waals surface area contributed by atoms with Crippen LogP contribution in [-0.4, -0.2) is 34.7 Å². The van der Waals surface area contributed by atoms with Crippen LogP contribution in [0.5, 0.6) is 11.5 Å². The molecule has 0 aliphatic heterocycles. The summed E-state index contributed by atoms with van der Waals surface area (Å²) in [5, 5.41) is 0. The second-order valence-corrected chi connectivity index (χ2v) is 7.54. The van der Waals surface area contributed by atoms with Crippen LogP contribution >= 0.6 is 28.3 Å². The molecule has 122 valence electrons. The van der Waals surface area contributed by atoms with Gasteiger partial charge < -0.3 is 15.2 Å². The fraction of sp³-hybridized carbons (Fsp3) is 0.500. The first-order valence-electron chi connectivity index (χ1n) is 5.81. The van der Waals surface area contributed by atoms with E-state index in [9.17, 15) is 8.42 Å². The van der Waals surface area contributed by atoms with Crippen LogP contribution in [0.25, 0.3) is 0 Å². The van der Waals surface area contributed by atoms with E-state index in [0.29, 0.717) is 16.0 Å². The number of nitrogens with one attached hydrogen (secondary N) is 1. The van der Waals surface area contributed by atoms with Crippen LogP contribution in [0.4, 0.5) is 0 Å². The van der Waals surface area contributed by atoms with Gasteiger partial charge in [-0.3, -0.25) is 0 Å². The Morgan fingerprint density at radius 1 is 1.24 bits per heavy atom. The fourth-order valence-corrected chi connectivity index (χ4v) is 3.66. The molecule has 21 heavy (non-hydrogen) atoms. The van der Waals surface area contributed by atoms with Crippen molar-refractivity contribution < 1.29 is 17.9 Å². The number of nitrogens with two attached hydrogens (primary N) is 1. The van der Waals surface area contributed by atoms with Gasteiger partial charge in [0.2, 0.25) is 10.0 Å². The summed E-state index contributed by atoms with van der Waals surface area (Å²) in [6.07, 6.45) is 0. The lowest BCUT2D eigenvalue weighted by Crippen LogP contribution is -2.45. The van der Waals surface area contributed by atoms with Gasteiger partial charge in [-0.15, -0.1) is 12.4 Å². The van der Waals surface area contributed by atoms with Crippen LogP contribution in [0.15, 0.2) is 21.5 Å². The number of methoxy groups -OCH3 is 2. The largest absolute Gasteiger partial charge is 0.493 e. The Kier molecular flexibility index (Phi) is 7.44. The van der Waals surface area contributed by atoms with E-state index >= 15 is 0 Å². The summed E-state index contributed by atoms with van der Waals surface area (Å²) in [6.45, 7) is 3.59. The minimum absolute atomic E-state index is 0. The zero-order chi connectivity index (χ0) is 15.6. The number of halogens is 2. The molecule has 0 heterocycles. The maximum absolute atomic E-state index is 12.3. The zero-order valence-corrected chi connectivity index (χ0v) is 15.5. The molecule has 3 N–H and O–H groups in total. The number of ether oxygens (including phenoxy) is 2. The third kappa shape index (κ3) is 5.63. The lowest BCUT2D eigenvalue weighted by molar-refractivity contribution is 0.353. The normalized spacial score (nSPS) is 11.7. The minimum Gasteiger partial charge on any atom is -0.493 e. The van der Waals surface area contributed by atoms with Gasteiger partial charge in [-0.25, -0.2) is 13.1 Å². The highest BCUT2D eigenvalue weighted by Gasteiger charge is 2.23. The predicted molar refractivity (Wildman–Crippen MR) is 87.9 cm³/mol. The molecule has 0 saturated heterocycles. The summed E-state index contributed by atoms with van der Waals surface area (Å²) in [5.41, 5.74) is 5.13. The Bertz CT molecular complexity index is 588. The van der Waals surface area contributed by atoms with Gasteiger partial charge in [0, 0.05) is 22.6 Å². The molecule has 0 aromatic heterocycles. The lowest BCUT2D eigenvalue weighted by Gasteiger charge is -2.19. The summed E-state index contributed by atoms with van der Waals surface area (Å²) in [6, 6.07) is 2.94. The number of hydrogen-bond acceptors (Lipinski definition) is 5. The van der Waals surface area contributed by atoms with Gasteiger partial charge in [-0.05, 0) is 35.8 Å². The van der Waals surface area contributed by atoms with E-state index in [4.69, 9.17) is 15.2 Å². The average Bonchev–Trinajstić information content (AvgIpc) is 2.35. The average molecular weight is 404 g/mol. The Hall–Kier alpha value is -0.540. The first kappa shape index (κ1) is 20.5. The van der Waals surface area contributed by atoms with Crippen molar-refractivity contribution in [2.45, 2.75) is 24.3 Å². The standard InChI is InChI=1S/C12H19BrN2O4S.ClH/c1-12(2,14)7-15-20(16,17)11-6-10(19-4)9(18-3)5-8(11)13;/h5-6,15H,7,14H2,1-4H3;1H. The molecule has 0 bridgehead atoms. The highest BCUT2D eigenvalue weighted by Crippen LogP contribution is 2.35. The summed E-state index contributed by atoms with van der Waals surface area (Å²) in [5.74, 6) is 0.778. The second kappa shape index (κ2) is 7.64. The number of hydrogen-bond donors (Lipinski definition) is 2. The second-order valence-electron chi connectivity index (χ2n) is 4.95. The van der Waals surface area contributed by atoms with E-state index in [1.54, 1.807) is 19.9 Å². The third-order valence-corrected chi connectivity index (χ3v) is 4.81. The van der Waals surface area contributed by atoms with Crippen LogP contribution < -0.4 is 19.9 Å². The SMILES string of the molecule is COc1cc(Br)c(S(=O)(=O)NCC(C)(C)N)cc1OC.Cl. The predicted octanol–water partition coefficient (Wildman–Crippen LogP) is 1.90. The topological polar surface area (TPSA) is 90.7 Å². The quantitative estimate of drug-likeness (QED) is 0.757. The Balaban J connectivity index is 0.00000400. The van der Waals surface area contributed by atoms with Gasteiger partial charge >= 0.3 is 0 Å². The van der Waals surface area contributed by atoms with Gasteiger partial charge in [-0.1, -0.05) is 0 Å². The van der Waals surface area contributed by atoms with Gasteiger partial charge in [0.15, 0.2) is 11.5 Å². The van der Waals surface area contributed by atoms with Gasteiger partial charge in [0.1, 0.15) is 4.90 Å². The smallest absolute Gasteiger partial charge is 0.241 e. The molecule has 1 aromatic rings. The fourth-order valence-electron chi connectivity index (χ4n) is 1.40. The Morgan fingerprint density at radius 2 is 1.71 bits per heavy atom. The van der Waals surface area contributed by atoms with E-state index in [1.165, 1.54) is 20.3 Å². The van der Waals surface area contributed by atoms with Crippen molar-refractivity contribution >= 4 is 38.4 Å². The number of rotatable bonds is 6. The summed E-state index contributed by atoms with van der Waals surface area (Å²) < 4.78 is 37.6. The molecule has 0 spiro atoms. The van der Waals surface area contributed by atoms with E-state index < -0.39 is 15.6 Å². The maximum atomic E-state index is 12.3. The zero-order valence-electron chi connectivity index (χ0n) is 12.3. The molecule has 0 aliphatic carbocycles. The van der Waals surface area contributed by atoms with Gasteiger partial charge in [0.05, 0.1) is 14.2 Å². The highest BCUT2D eigenvalue weighted by molar-refractivity contribution is 9.10. The maximum Gasteiger partial charge on any atom is 0.241 e. The monoisotopic (exact) mass is 402 g/mol. The van der Waals surface area contributed by atoms with Crippen LogP contribution in [0.3, 0.4) is 0 Å². The Morgan fingerprint density at radius 3 is 2.14 bits per heavy atom. The first-order chi connectivity index (χ1) is 9.10. The molecule has 0 atom stereocenters. The number of sulfonamides is 1. The molecular formula is C12H20BrClN2O4S. The molecule has 0 amide bonds. The van der Waals surface area contributed by atoms with Crippen molar-refractivity contribution in [3.63, 3.8) is 0 Å². The molecule has 0 radical (unpaired) electrons. The van der Waals surface area contributed by atoms with Crippen molar-refractivity contribution in [1.82, 2.24) is 4.72 Å². The van der Waals surface area contributed by atoms with Crippen LogP contribution in [0.1, 0.15) is 13.8 Å². The molecule has 0 fully saturated rings. The summed E-state index contributed by atoms with van der Waals surface area (Å²) in [7, 11) is -0.771. The van der Waals surface area contributed by atoms with Gasteiger partial charge in [0.25, 0.3) is 0 Å². The van der Waals surface area contributed by atoms with Crippen molar-refractivity contribution in [2.75, 3.05) is 20.8 Å². The van der Waals surface area contributed by atoms with Gasteiger partial charge in [-0.2, -0.15) is 0 Å². The van der Waals surface area contributed by atoms with Crippen molar-refractivity contribution in [3.05, 3.63) is 16.6 Å². The molecule has 6 nitrogen and oxygen atoms in total.